The molecule has 0 fully saturated rings. The summed E-state index contributed by atoms with van der Waals surface area (Å²) in [5, 5.41) is 3.11. The molecule has 10 heteroatoms. The molecule has 0 saturated carbocycles. The fourth-order valence-electron chi connectivity index (χ4n) is 2.76. The number of ether oxygens (including phenoxy) is 2. The average Bonchev–Trinajstić information content (AvgIpc) is 2.73. The van der Waals surface area contributed by atoms with Gasteiger partial charge in [0.25, 0.3) is 0 Å². The van der Waals surface area contributed by atoms with Crippen molar-refractivity contribution < 1.29 is 27.5 Å². The molecule has 168 valence electrons. The van der Waals surface area contributed by atoms with Gasteiger partial charge in [0.15, 0.2) is 0 Å². The number of methoxy groups -OCH3 is 1. The number of hydrogen-bond donors (Lipinski definition) is 2. The van der Waals surface area contributed by atoms with Gasteiger partial charge in [-0.1, -0.05) is 23.7 Å². The van der Waals surface area contributed by atoms with Crippen molar-refractivity contribution in [2.75, 3.05) is 13.7 Å². The Bertz CT molecular complexity index is 1010. The molecule has 8 nitrogen and oxygen atoms in total. The Hall–Kier alpha value is -2.62. The highest BCUT2D eigenvalue weighted by Gasteiger charge is 2.26. The first-order chi connectivity index (χ1) is 14.7. The summed E-state index contributed by atoms with van der Waals surface area (Å²) in [5.41, 5.74) is 0.619. The smallest absolute Gasteiger partial charge is 0.308 e. The van der Waals surface area contributed by atoms with Gasteiger partial charge in [-0.25, -0.2) is 8.42 Å². The molecular weight excluding hydrogens is 444 g/mol. The van der Waals surface area contributed by atoms with Crippen molar-refractivity contribution in [3.05, 3.63) is 59.1 Å². The van der Waals surface area contributed by atoms with E-state index in [-0.39, 0.29) is 17.9 Å². The number of rotatable bonds is 10. The van der Waals surface area contributed by atoms with E-state index in [1.807, 2.05) is 0 Å². The van der Waals surface area contributed by atoms with E-state index in [0.717, 1.165) is 0 Å². The lowest BCUT2D eigenvalue weighted by Gasteiger charge is -2.22. The lowest BCUT2D eigenvalue weighted by atomic mass is 10.0. The number of halogens is 1. The Balaban J connectivity index is 2.17. The SMILES string of the molecule is CCOC(=O)CC(NC(=O)[C@H](C)NS(=O)(=O)c1ccc(Cl)cc1)c1cccc(OC)c1. The topological polar surface area (TPSA) is 111 Å². The minimum Gasteiger partial charge on any atom is -0.497 e. The largest absolute Gasteiger partial charge is 0.497 e. The second-order valence-corrected chi connectivity index (χ2v) is 8.79. The highest BCUT2D eigenvalue weighted by atomic mass is 35.5. The van der Waals surface area contributed by atoms with Gasteiger partial charge in [0.05, 0.1) is 37.1 Å². The van der Waals surface area contributed by atoms with Crippen LogP contribution in [0.1, 0.15) is 31.9 Å². The van der Waals surface area contributed by atoms with Crippen LogP contribution in [0.4, 0.5) is 0 Å². The third-order valence-corrected chi connectivity index (χ3v) is 6.15. The van der Waals surface area contributed by atoms with Crippen molar-refractivity contribution in [2.24, 2.45) is 0 Å². The van der Waals surface area contributed by atoms with Gasteiger partial charge in [-0.15, -0.1) is 0 Å². The van der Waals surface area contributed by atoms with Gasteiger partial charge in [0, 0.05) is 5.02 Å². The average molecular weight is 469 g/mol. The predicted molar refractivity (Wildman–Crippen MR) is 116 cm³/mol. The van der Waals surface area contributed by atoms with E-state index >= 15 is 0 Å². The molecule has 2 aromatic carbocycles. The van der Waals surface area contributed by atoms with E-state index < -0.39 is 34.0 Å². The molecule has 2 atom stereocenters. The third-order valence-electron chi connectivity index (χ3n) is 4.34. The second kappa shape index (κ2) is 11.1. The number of carbonyl (C=O) groups excluding carboxylic acids is 2. The van der Waals surface area contributed by atoms with E-state index in [1.54, 1.807) is 31.2 Å². The normalized spacial score (nSPS) is 13.2. The van der Waals surface area contributed by atoms with Crippen LogP contribution in [-0.2, 0) is 24.3 Å². The first-order valence-electron chi connectivity index (χ1n) is 9.54. The van der Waals surface area contributed by atoms with E-state index in [1.165, 1.54) is 38.3 Å². The van der Waals surface area contributed by atoms with Gasteiger partial charge < -0.3 is 14.8 Å². The molecule has 0 aliphatic heterocycles. The number of benzene rings is 2. The molecule has 2 aromatic rings. The van der Waals surface area contributed by atoms with Crippen LogP contribution in [-0.4, -0.2) is 40.1 Å². The summed E-state index contributed by atoms with van der Waals surface area (Å²) in [4.78, 5) is 24.8. The summed E-state index contributed by atoms with van der Waals surface area (Å²) in [7, 11) is -2.44. The molecule has 2 rings (SSSR count). The second-order valence-electron chi connectivity index (χ2n) is 6.64. The van der Waals surface area contributed by atoms with Gasteiger partial charge in [0.2, 0.25) is 15.9 Å². The maximum absolute atomic E-state index is 12.7. The molecule has 1 unspecified atom stereocenters. The molecule has 0 heterocycles. The Labute approximate surface area is 186 Å². The van der Waals surface area contributed by atoms with Gasteiger partial charge in [-0.3, -0.25) is 9.59 Å². The Morgan fingerprint density at radius 2 is 1.81 bits per heavy atom. The van der Waals surface area contributed by atoms with Crippen LogP contribution in [0.25, 0.3) is 0 Å². The number of nitrogens with one attached hydrogen (secondary N) is 2. The quantitative estimate of drug-likeness (QED) is 0.519. The first kappa shape index (κ1) is 24.6. The van der Waals surface area contributed by atoms with E-state index in [4.69, 9.17) is 21.1 Å². The fraction of sp³-hybridized carbons (Fsp3) is 0.333. The predicted octanol–water partition coefficient (Wildman–Crippen LogP) is 2.83. The lowest BCUT2D eigenvalue weighted by molar-refractivity contribution is -0.143. The van der Waals surface area contributed by atoms with E-state index in [9.17, 15) is 18.0 Å². The summed E-state index contributed by atoms with van der Waals surface area (Å²) in [5.74, 6) is -0.545. The highest BCUT2D eigenvalue weighted by Crippen LogP contribution is 2.22. The fourth-order valence-corrected chi connectivity index (χ4v) is 4.09. The summed E-state index contributed by atoms with van der Waals surface area (Å²) in [6.45, 7) is 3.30. The molecule has 31 heavy (non-hydrogen) atoms. The van der Waals surface area contributed by atoms with Crippen LogP contribution in [0.3, 0.4) is 0 Å². The monoisotopic (exact) mass is 468 g/mol. The summed E-state index contributed by atoms with van der Waals surface area (Å²) in [6, 6.07) is 10.6. The van der Waals surface area contributed by atoms with Crippen molar-refractivity contribution >= 4 is 33.5 Å². The van der Waals surface area contributed by atoms with Crippen LogP contribution in [0.15, 0.2) is 53.4 Å². The van der Waals surface area contributed by atoms with Crippen molar-refractivity contribution in [1.82, 2.24) is 10.0 Å². The molecule has 2 N–H and O–H groups in total. The van der Waals surface area contributed by atoms with Crippen molar-refractivity contribution in [2.45, 2.75) is 37.2 Å². The Morgan fingerprint density at radius 3 is 2.42 bits per heavy atom. The minimum absolute atomic E-state index is 0.0209. The van der Waals surface area contributed by atoms with Crippen molar-refractivity contribution in [3.8, 4) is 5.75 Å². The molecule has 0 bridgehead atoms. The summed E-state index contributed by atoms with van der Waals surface area (Å²) in [6.07, 6.45) is -0.122. The number of sulfonamides is 1. The summed E-state index contributed by atoms with van der Waals surface area (Å²) >= 11 is 5.79. The van der Waals surface area contributed by atoms with Crippen molar-refractivity contribution in [1.29, 1.82) is 0 Å². The van der Waals surface area contributed by atoms with E-state index in [2.05, 4.69) is 10.0 Å². The highest BCUT2D eigenvalue weighted by molar-refractivity contribution is 7.89. The maximum atomic E-state index is 12.7. The molecule has 0 aromatic heterocycles. The van der Waals surface area contributed by atoms with Crippen LogP contribution < -0.4 is 14.8 Å². The maximum Gasteiger partial charge on any atom is 0.308 e. The molecule has 0 aliphatic rings. The van der Waals surface area contributed by atoms with Crippen LogP contribution in [0.5, 0.6) is 5.75 Å². The van der Waals surface area contributed by atoms with Crippen LogP contribution in [0, 0.1) is 0 Å². The third kappa shape index (κ3) is 7.23. The number of amides is 1. The standard InChI is InChI=1S/C21H25ClN2O6S/c1-4-30-20(25)13-19(15-6-5-7-17(12-15)29-3)23-21(26)14(2)24-31(27,28)18-10-8-16(22)9-11-18/h5-12,14,19,24H,4,13H2,1-3H3,(H,23,26)/t14-,19?/m0/s1. The van der Waals surface area contributed by atoms with Crippen molar-refractivity contribution in [3.63, 3.8) is 0 Å². The zero-order valence-electron chi connectivity index (χ0n) is 17.4. The zero-order chi connectivity index (χ0) is 23.0. The molecule has 0 spiro atoms. The number of hydrogen-bond acceptors (Lipinski definition) is 6. The van der Waals surface area contributed by atoms with Crippen LogP contribution >= 0.6 is 11.6 Å². The molecule has 1 amide bonds. The van der Waals surface area contributed by atoms with Crippen LogP contribution in [0.2, 0.25) is 5.02 Å². The lowest BCUT2D eigenvalue weighted by Crippen LogP contribution is -2.46. The zero-order valence-corrected chi connectivity index (χ0v) is 19.0. The number of esters is 1. The minimum atomic E-state index is -3.95. The van der Waals surface area contributed by atoms with Gasteiger partial charge in [0.1, 0.15) is 5.75 Å². The molecular formula is C21H25ClN2O6S. The van der Waals surface area contributed by atoms with Gasteiger partial charge in [-0.2, -0.15) is 4.72 Å². The molecule has 0 aliphatic carbocycles. The first-order valence-corrected chi connectivity index (χ1v) is 11.4. The summed E-state index contributed by atoms with van der Waals surface area (Å²) < 4.78 is 37.6. The van der Waals surface area contributed by atoms with E-state index in [0.29, 0.717) is 16.3 Å². The molecule has 0 saturated heterocycles. The van der Waals surface area contributed by atoms with Gasteiger partial charge >= 0.3 is 5.97 Å². The Morgan fingerprint density at radius 1 is 1.13 bits per heavy atom. The Kier molecular flexibility index (Phi) is 8.85. The van der Waals surface area contributed by atoms with Gasteiger partial charge in [-0.05, 0) is 55.8 Å². The number of carbonyl (C=O) groups is 2. The molecule has 0 radical (unpaired) electrons.